The van der Waals surface area contributed by atoms with Crippen molar-refractivity contribution < 1.29 is 24.5 Å². The van der Waals surface area contributed by atoms with Gasteiger partial charge in [0.05, 0.1) is 25.2 Å². The van der Waals surface area contributed by atoms with Gasteiger partial charge in [-0.1, -0.05) is 232 Å². The van der Waals surface area contributed by atoms with Gasteiger partial charge >= 0.3 is 5.97 Å². The molecule has 0 saturated carbocycles. The summed E-state index contributed by atoms with van der Waals surface area (Å²) < 4.78 is 5.90. The van der Waals surface area contributed by atoms with E-state index in [0.717, 1.165) is 64.2 Å². The van der Waals surface area contributed by atoms with Crippen molar-refractivity contribution in [1.29, 1.82) is 0 Å². The van der Waals surface area contributed by atoms with Crippen molar-refractivity contribution in [3.05, 3.63) is 12.2 Å². The van der Waals surface area contributed by atoms with Crippen molar-refractivity contribution in [2.24, 2.45) is 0 Å². The zero-order valence-electron chi connectivity index (χ0n) is 38.5. The van der Waals surface area contributed by atoms with Crippen LogP contribution in [0.2, 0.25) is 0 Å². The summed E-state index contributed by atoms with van der Waals surface area (Å²) in [6.07, 6.45) is 49.9. The van der Waals surface area contributed by atoms with Crippen LogP contribution in [-0.4, -0.2) is 46.9 Å². The van der Waals surface area contributed by atoms with E-state index in [0.29, 0.717) is 19.3 Å². The highest BCUT2D eigenvalue weighted by atomic mass is 16.5. The lowest BCUT2D eigenvalue weighted by Crippen LogP contribution is -2.46. The molecule has 0 aliphatic heterocycles. The summed E-state index contributed by atoms with van der Waals surface area (Å²) in [6, 6.07) is -0.699. The third-order valence-corrected chi connectivity index (χ3v) is 11.8. The van der Waals surface area contributed by atoms with Gasteiger partial charge in [0.25, 0.3) is 0 Å². The van der Waals surface area contributed by atoms with E-state index in [4.69, 9.17) is 4.74 Å². The molecule has 0 aliphatic rings. The Morgan fingerprint density at radius 1 is 0.491 bits per heavy atom. The molecule has 0 bridgehead atoms. The van der Waals surface area contributed by atoms with Crippen molar-refractivity contribution in [2.75, 3.05) is 6.61 Å². The minimum absolute atomic E-state index is 0.0730. The molecule has 0 spiro atoms. The predicted molar refractivity (Wildman–Crippen MR) is 246 cm³/mol. The fraction of sp³-hybridized carbons (Fsp3) is 0.922. The van der Waals surface area contributed by atoms with E-state index in [1.165, 1.54) is 167 Å². The first-order valence-corrected chi connectivity index (χ1v) is 25.4. The molecule has 57 heavy (non-hydrogen) atoms. The van der Waals surface area contributed by atoms with Crippen LogP contribution >= 0.6 is 0 Å². The number of unbranched alkanes of at least 4 members (excludes halogenated alkanes) is 32. The normalized spacial score (nSPS) is 13.3. The molecule has 0 rings (SSSR count). The zero-order chi connectivity index (χ0) is 41.7. The Balaban J connectivity index is 4.43. The maximum Gasteiger partial charge on any atom is 0.306 e. The van der Waals surface area contributed by atoms with E-state index in [1.807, 2.05) is 0 Å². The van der Waals surface area contributed by atoms with Gasteiger partial charge in [0.15, 0.2) is 0 Å². The fourth-order valence-electron chi connectivity index (χ4n) is 7.94. The third-order valence-electron chi connectivity index (χ3n) is 11.8. The lowest BCUT2D eigenvalue weighted by atomic mass is 10.0. The molecule has 0 aromatic carbocycles. The molecule has 0 aliphatic carbocycles. The number of aliphatic hydroxyl groups excluding tert-OH is 2. The summed E-state index contributed by atoms with van der Waals surface area (Å²) in [6.45, 7) is 6.45. The van der Waals surface area contributed by atoms with Gasteiger partial charge < -0.3 is 20.3 Å². The molecule has 3 atom stereocenters. The smallest absolute Gasteiger partial charge is 0.306 e. The quantitative estimate of drug-likeness (QED) is 0.0323. The topological polar surface area (TPSA) is 95.9 Å². The van der Waals surface area contributed by atoms with Gasteiger partial charge in [0, 0.05) is 6.42 Å². The van der Waals surface area contributed by atoms with Crippen molar-refractivity contribution in [3.63, 3.8) is 0 Å². The van der Waals surface area contributed by atoms with Gasteiger partial charge in [0.2, 0.25) is 5.91 Å². The highest BCUT2D eigenvalue weighted by Crippen LogP contribution is 2.18. The number of carbonyl (C=O) groups excluding carboxylic acids is 2. The van der Waals surface area contributed by atoms with Crippen molar-refractivity contribution in [2.45, 2.75) is 296 Å². The molecule has 0 aromatic rings. The number of hydrogen-bond acceptors (Lipinski definition) is 5. The summed E-state index contributed by atoms with van der Waals surface area (Å²) in [7, 11) is 0. The predicted octanol–water partition coefficient (Wildman–Crippen LogP) is 15.0. The average Bonchev–Trinajstić information content (AvgIpc) is 3.20. The first kappa shape index (κ1) is 55.6. The molecule has 0 aromatic heterocycles. The summed E-state index contributed by atoms with van der Waals surface area (Å²) in [5, 5.41) is 23.7. The van der Waals surface area contributed by atoms with Gasteiger partial charge in [-0.25, -0.2) is 0 Å². The van der Waals surface area contributed by atoms with Gasteiger partial charge in [-0.2, -0.15) is 0 Å². The number of amides is 1. The molecule has 0 saturated heterocycles. The van der Waals surface area contributed by atoms with Crippen molar-refractivity contribution in [3.8, 4) is 0 Å². The molecule has 0 heterocycles. The van der Waals surface area contributed by atoms with Gasteiger partial charge in [-0.15, -0.1) is 0 Å². The number of rotatable bonds is 46. The minimum atomic E-state index is -0.785. The standard InChI is InChI=1S/C51H99NO5/c1-4-7-10-13-16-19-21-23-25-26-28-31-34-37-40-43-49(54)48(46-53)52-50(55)45-47(42-39-36-33-30-18-15-12-9-6-3)57-51(56)44-41-38-35-32-29-27-24-22-20-17-14-11-8-5-2/h15,18,47-49,53-54H,4-14,16-17,19-46H2,1-3H3,(H,52,55)/b18-15-. The SMILES string of the molecule is CCCC/C=C\CCCCCC(CC(=O)NC(CO)C(O)CCCCCCCCCCCCCCCCC)OC(=O)CCCCCCCCCCCCCCCC. The molecule has 6 nitrogen and oxygen atoms in total. The van der Waals surface area contributed by atoms with E-state index < -0.39 is 18.2 Å². The molecule has 3 N–H and O–H groups in total. The molecule has 1 amide bonds. The minimum Gasteiger partial charge on any atom is -0.462 e. The Morgan fingerprint density at radius 2 is 0.860 bits per heavy atom. The first-order chi connectivity index (χ1) is 28.0. The number of nitrogens with one attached hydrogen (secondary N) is 1. The summed E-state index contributed by atoms with van der Waals surface area (Å²) >= 11 is 0. The molecule has 6 heteroatoms. The Bertz CT molecular complexity index is 863. The highest BCUT2D eigenvalue weighted by Gasteiger charge is 2.24. The Morgan fingerprint density at radius 3 is 1.30 bits per heavy atom. The van der Waals surface area contributed by atoms with Crippen LogP contribution in [0.4, 0.5) is 0 Å². The second-order valence-electron chi connectivity index (χ2n) is 17.6. The lowest BCUT2D eigenvalue weighted by molar-refractivity contribution is -0.151. The molecule has 3 unspecified atom stereocenters. The summed E-state index contributed by atoms with van der Waals surface area (Å²) in [5.41, 5.74) is 0. The average molecular weight is 806 g/mol. The maximum atomic E-state index is 13.1. The van der Waals surface area contributed by atoms with E-state index in [-0.39, 0.29) is 24.9 Å². The van der Waals surface area contributed by atoms with Crippen LogP contribution < -0.4 is 5.32 Å². The zero-order valence-corrected chi connectivity index (χ0v) is 38.5. The maximum absolute atomic E-state index is 13.1. The van der Waals surface area contributed by atoms with Crippen LogP contribution in [0.25, 0.3) is 0 Å². The number of hydrogen-bond donors (Lipinski definition) is 3. The highest BCUT2D eigenvalue weighted by molar-refractivity contribution is 5.77. The van der Waals surface area contributed by atoms with Crippen molar-refractivity contribution >= 4 is 11.9 Å². The summed E-state index contributed by atoms with van der Waals surface area (Å²) in [4.78, 5) is 26.0. The van der Waals surface area contributed by atoms with Crippen LogP contribution in [0.3, 0.4) is 0 Å². The number of ether oxygens (including phenoxy) is 1. The summed E-state index contributed by atoms with van der Waals surface area (Å²) in [5.74, 6) is -0.477. The second kappa shape index (κ2) is 45.7. The number of carbonyl (C=O) groups is 2. The van der Waals surface area contributed by atoms with Crippen LogP contribution in [0.5, 0.6) is 0 Å². The number of esters is 1. The molecule has 338 valence electrons. The number of allylic oxidation sites excluding steroid dienone is 2. The Hall–Kier alpha value is -1.40. The molecular weight excluding hydrogens is 707 g/mol. The molecule has 0 radical (unpaired) electrons. The largest absolute Gasteiger partial charge is 0.462 e. The van der Waals surface area contributed by atoms with Crippen LogP contribution in [0, 0.1) is 0 Å². The first-order valence-electron chi connectivity index (χ1n) is 25.4. The van der Waals surface area contributed by atoms with Crippen molar-refractivity contribution in [1.82, 2.24) is 5.32 Å². The number of aliphatic hydroxyl groups is 2. The fourth-order valence-corrected chi connectivity index (χ4v) is 7.94. The van der Waals surface area contributed by atoms with Gasteiger partial charge in [-0.3, -0.25) is 9.59 Å². The molecule has 0 fully saturated rings. The van der Waals surface area contributed by atoms with Crippen LogP contribution in [-0.2, 0) is 14.3 Å². The molecular formula is C51H99NO5. The van der Waals surface area contributed by atoms with Gasteiger partial charge in [-0.05, 0) is 44.9 Å². The third kappa shape index (κ3) is 41.1. The Labute approximate surface area is 355 Å². The van der Waals surface area contributed by atoms with E-state index in [2.05, 4.69) is 38.2 Å². The van der Waals surface area contributed by atoms with E-state index in [1.54, 1.807) is 0 Å². The van der Waals surface area contributed by atoms with Gasteiger partial charge in [0.1, 0.15) is 6.10 Å². The van der Waals surface area contributed by atoms with Crippen LogP contribution in [0.1, 0.15) is 278 Å². The Kier molecular flexibility index (Phi) is 44.6. The van der Waals surface area contributed by atoms with E-state index in [9.17, 15) is 19.8 Å². The van der Waals surface area contributed by atoms with Crippen LogP contribution in [0.15, 0.2) is 12.2 Å². The lowest BCUT2D eigenvalue weighted by Gasteiger charge is -2.24. The second-order valence-corrected chi connectivity index (χ2v) is 17.6. The van der Waals surface area contributed by atoms with E-state index >= 15 is 0 Å². The monoisotopic (exact) mass is 806 g/mol.